The van der Waals surface area contributed by atoms with E-state index in [0.717, 1.165) is 25.6 Å². The molecule has 2 aliphatic carbocycles. The first-order valence-corrected chi connectivity index (χ1v) is 6.64. The van der Waals surface area contributed by atoms with Crippen LogP contribution in [0.1, 0.15) is 46.0 Å². The van der Waals surface area contributed by atoms with Crippen molar-refractivity contribution >= 4 is 5.91 Å². The molecule has 16 heavy (non-hydrogen) atoms. The fourth-order valence-electron chi connectivity index (χ4n) is 3.10. The van der Waals surface area contributed by atoms with Crippen LogP contribution >= 0.6 is 0 Å². The fraction of sp³-hybridized carbons (Fsp3) is 0.923. The molecule has 3 rings (SSSR count). The van der Waals surface area contributed by atoms with Crippen LogP contribution < -0.4 is 5.32 Å². The minimum absolute atomic E-state index is 0.292. The minimum atomic E-state index is -0.292. The molecule has 2 saturated carbocycles. The maximum Gasteiger partial charge on any atom is 0.243 e. The molecule has 90 valence electrons. The summed E-state index contributed by atoms with van der Waals surface area (Å²) in [5, 5.41) is 3.37. The number of nitrogens with one attached hydrogen (secondary N) is 1. The van der Waals surface area contributed by atoms with Crippen LogP contribution in [0.4, 0.5) is 0 Å². The van der Waals surface area contributed by atoms with Crippen molar-refractivity contribution in [2.24, 2.45) is 11.3 Å². The monoisotopic (exact) mass is 222 g/mol. The normalized spacial score (nSPS) is 36.9. The molecule has 1 N–H and O–H groups in total. The van der Waals surface area contributed by atoms with Gasteiger partial charge in [-0.15, -0.1) is 0 Å². The van der Waals surface area contributed by atoms with Crippen LogP contribution in [-0.4, -0.2) is 29.6 Å². The van der Waals surface area contributed by atoms with Gasteiger partial charge in [-0.1, -0.05) is 6.92 Å². The van der Waals surface area contributed by atoms with Crippen molar-refractivity contribution in [2.45, 2.75) is 51.5 Å². The number of nitrogens with zero attached hydrogens (tertiary/aromatic N) is 1. The summed E-state index contributed by atoms with van der Waals surface area (Å²) in [6, 6.07) is 0. The topological polar surface area (TPSA) is 32.3 Å². The third-order valence-electron chi connectivity index (χ3n) is 4.97. The largest absolute Gasteiger partial charge is 0.328 e. The van der Waals surface area contributed by atoms with Gasteiger partial charge in [0.05, 0.1) is 12.2 Å². The number of carbonyl (C=O) groups is 1. The predicted molar refractivity (Wildman–Crippen MR) is 62.8 cm³/mol. The van der Waals surface area contributed by atoms with E-state index >= 15 is 0 Å². The summed E-state index contributed by atoms with van der Waals surface area (Å²) >= 11 is 0. The maximum atomic E-state index is 12.3. The Bertz CT molecular complexity index is 320. The first-order valence-electron chi connectivity index (χ1n) is 6.64. The van der Waals surface area contributed by atoms with Crippen molar-refractivity contribution in [1.82, 2.24) is 10.2 Å². The Morgan fingerprint density at radius 2 is 2.12 bits per heavy atom. The molecular weight excluding hydrogens is 200 g/mol. The second-order valence-corrected chi connectivity index (χ2v) is 6.16. The van der Waals surface area contributed by atoms with E-state index in [1.54, 1.807) is 0 Å². The van der Waals surface area contributed by atoms with Crippen LogP contribution in [0.15, 0.2) is 0 Å². The molecule has 3 nitrogen and oxygen atoms in total. The van der Waals surface area contributed by atoms with E-state index in [1.807, 2.05) is 6.92 Å². The lowest BCUT2D eigenvalue weighted by atomic mass is 9.97. The fourth-order valence-corrected chi connectivity index (χ4v) is 3.10. The highest BCUT2D eigenvalue weighted by atomic mass is 16.2. The summed E-state index contributed by atoms with van der Waals surface area (Å²) in [5.74, 6) is 1.26. The van der Waals surface area contributed by atoms with E-state index in [0.29, 0.717) is 11.3 Å². The molecule has 1 saturated heterocycles. The van der Waals surface area contributed by atoms with Crippen LogP contribution in [0.5, 0.6) is 0 Å². The van der Waals surface area contributed by atoms with Crippen LogP contribution in [-0.2, 0) is 4.79 Å². The van der Waals surface area contributed by atoms with Crippen molar-refractivity contribution in [3.8, 4) is 0 Å². The highest BCUT2D eigenvalue weighted by Gasteiger charge is 2.56. The lowest BCUT2D eigenvalue weighted by Gasteiger charge is -2.25. The first kappa shape index (κ1) is 10.6. The SMILES string of the molecule is CCC1(C)NCN(CC2(C3CC3)CC2)C1=O. The van der Waals surface area contributed by atoms with E-state index in [-0.39, 0.29) is 5.54 Å². The molecule has 0 radical (unpaired) electrons. The molecule has 0 spiro atoms. The van der Waals surface area contributed by atoms with Gasteiger partial charge in [-0.3, -0.25) is 10.1 Å². The molecule has 3 heteroatoms. The van der Waals surface area contributed by atoms with Gasteiger partial charge in [0, 0.05) is 6.54 Å². The van der Waals surface area contributed by atoms with E-state index < -0.39 is 0 Å². The molecule has 0 aromatic rings. The lowest BCUT2D eigenvalue weighted by Crippen LogP contribution is -2.43. The quantitative estimate of drug-likeness (QED) is 0.785. The zero-order valence-corrected chi connectivity index (χ0v) is 10.4. The Labute approximate surface area is 97.6 Å². The molecule has 1 aliphatic heterocycles. The van der Waals surface area contributed by atoms with Gasteiger partial charge in [0.2, 0.25) is 5.91 Å². The van der Waals surface area contributed by atoms with Gasteiger partial charge in [-0.05, 0) is 50.4 Å². The van der Waals surface area contributed by atoms with E-state index in [1.165, 1.54) is 25.7 Å². The number of rotatable bonds is 4. The lowest BCUT2D eigenvalue weighted by molar-refractivity contribution is -0.132. The van der Waals surface area contributed by atoms with Gasteiger partial charge in [0.1, 0.15) is 0 Å². The third kappa shape index (κ3) is 1.48. The summed E-state index contributed by atoms with van der Waals surface area (Å²) in [6.07, 6.45) is 6.40. The van der Waals surface area contributed by atoms with Gasteiger partial charge >= 0.3 is 0 Å². The summed E-state index contributed by atoms with van der Waals surface area (Å²) in [7, 11) is 0. The Balaban J connectivity index is 1.66. The van der Waals surface area contributed by atoms with Crippen molar-refractivity contribution in [1.29, 1.82) is 0 Å². The molecule has 0 aromatic heterocycles. The van der Waals surface area contributed by atoms with E-state index in [9.17, 15) is 4.79 Å². The highest BCUT2D eigenvalue weighted by Crippen LogP contribution is 2.61. The van der Waals surface area contributed by atoms with Gasteiger partial charge in [-0.25, -0.2) is 0 Å². The average Bonchev–Trinajstić information content (AvgIpc) is 3.14. The Morgan fingerprint density at radius 1 is 1.44 bits per heavy atom. The van der Waals surface area contributed by atoms with Gasteiger partial charge in [0.25, 0.3) is 0 Å². The zero-order valence-electron chi connectivity index (χ0n) is 10.4. The molecule has 0 aromatic carbocycles. The predicted octanol–water partition coefficient (Wildman–Crippen LogP) is 1.73. The summed E-state index contributed by atoms with van der Waals surface area (Å²) in [4.78, 5) is 14.3. The zero-order chi connectivity index (χ0) is 11.4. The minimum Gasteiger partial charge on any atom is -0.328 e. The van der Waals surface area contributed by atoms with Crippen molar-refractivity contribution in [3.05, 3.63) is 0 Å². The molecule has 1 unspecified atom stereocenters. The molecule has 1 heterocycles. The first-order chi connectivity index (χ1) is 7.60. The summed E-state index contributed by atoms with van der Waals surface area (Å²) in [6.45, 7) is 5.89. The Morgan fingerprint density at radius 3 is 2.56 bits per heavy atom. The molecule has 1 amide bonds. The van der Waals surface area contributed by atoms with Crippen LogP contribution in [0.3, 0.4) is 0 Å². The smallest absolute Gasteiger partial charge is 0.243 e. The second-order valence-electron chi connectivity index (χ2n) is 6.16. The summed E-state index contributed by atoms with van der Waals surface area (Å²) < 4.78 is 0. The molecule has 3 aliphatic rings. The highest BCUT2D eigenvalue weighted by molar-refractivity contribution is 5.87. The molecule has 1 atom stereocenters. The van der Waals surface area contributed by atoms with Crippen LogP contribution in [0.25, 0.3) is 0 Å². The van der Waals surface area contributed by atoms with Crippen LogP contribution in [0.2, 0.25) is 0 Å². The third-order valence-corrected chi connectivity index (χ3v) is 4.97. The number of hydrogen-bond donors (Lipinski definition) is 1. The average molecular weight is 222 g/mol. The second kappa shape index (κ2) is 3.22. The van der Waals surface area contributed by atoms with Gasteiger partial charge < -0.3 is 4.90 Å². The van der Waals surface area contributed by atoms with Crippen molar-refractivity contribution in [3.63, 3.8) is 0 Å². The Hall–Kier alpha value is -0.570. The molecular formula is C13H22N2O. The number of hydrogen-bond acceptors (Lipinski definition) is 2. The standard InChI is InChI=1S/C13H22N2O/c1-3-12(2)11(16)15(9-14-12)8-13(6-7-13)10-4-5-10/h10,14H,3-9H2,1-2H3. The van der Waals surface area contributed by atoms with Gasteiger partial charge in [-0.2, -0.15) is 0 Å². The van der Waals surface area contributed by atoms with Crippen molar-refractivity contribution in [2.75, 3.05) is 13.2 Å². The van der Waals surface area contributed by atoms with E-state index in [4.69, 9.17) is 0 Å². The summed E-state index contributed by atoms with van der Waals surface area (Å²) in [5.41, 5.74) is 0.246. The maximum absolute atomic E-state index is 12.3. The molecule has 3 fully saturated rings. The Kier molecular flexibility index (Phi) is 2.13. The van der Waals surface area contributed by atoms with Crippen LogP contribution in [0, 0.1) is 11.3 Å². The molecule has 0 bridgehead atoms. The van der Waals surface area contributed by atoms with Crippen molar-refractivity contribution < 1.29 is 4.79 Å². The number of amides is 1. The number of carbonyl (C=O) groups excluding carboxylic acids is 1. The van der Waals surface area contributed by atoms with Gasteiger partial charge in [0.15, 0.2) is 0 Å². The van der Waals surface area contributed by atoms with E-state index in [2.05, 4.69) is 17.1 Å².